The number of hydrogen-bond donors (Lipinski definition) is 2. The third-order valence-electron chi connectivity index (χ3n) is 5.45. The number of nitrogens with zero attached hydrogens (tertiary/aromatic N) is 1. The first-order chi connectivity index (χ1) is 15.5. The van der Waals surface area contributed by atoms with Crippen molar-refractivity contribution in [2.45, 2.75) is 52.2 Å². The molecule has 0 saturated heterocycles. The predicted molar refractivity (Wildman–Crippen MR) is 131 cm³/mol. The molecular weight excluding hydrogens is 440 g/mol. The van der Waals surface area contributed by atoms with Crippen molar-refractivity contribution < 1.29 is 19.4 Å². The Balaban J connectivity index is 1.76. The smallest absolute Gasteiger partial charge is 0.310 e. The summed E-state index contributed by atoms with van der Waals surface area (Å²) in [5.41, 5.74) is 3.44. The van der Waals surface area contributed by atoms with Crippen LogP contribution in [-0.2, 0) is 29.4 Å². The number of fused-ring (bicyclic) bond motifs is 1. The van der Waals surface area contributed by atoms with Crippen LogP contribution in [0.5, 0.6) is 0 Å². The molecule has 3 aromatic rings. The lowest BCUT2D eigenvalue weighted by molar-refractivity contribution is -0.153. The molecule has 1 atom stereocenters. The maximum absolute atomic E-state index is 13.0. The number of carbonyl (C=O) groups is 2. The van der Waals surface area contributed by atoms with Crippen LogP contribution in [0.25, 0.3) is 10.9 Å². The fraction of sp³-hybridized carbons (Fsp3) is 0.385. The van der Waals surface area contributed by atoms with Gasteiger partial charge in [-0.05, 0) is 62.1 Å². The van der Waals surface area contributed by atoms with E-state index >= 15 is 0 Å². The van der Waals surface area contributed by atoms with Crippen LogP contribution < -0.4 is 5.32 Å². The Bertz CT molecular complexity index is 1160. The van der Waals surface area contributed by atoms with E-state index in [0.717, 1.165) is 34.0 Å². The van der Waals surface area contributed by atoms with Gasteiger partial charge >= 0.3 is 5.97 Å². The number of esters is 1. The minimum Gasteiger partial charge on any atom is -0.460 e. The highest BCUT2D eigenvalue weighted by Gasteiger charge is 2.20. The molecule has 0 unspecified atom stereocenters. The maximum Gasteiger partial charge on any atom is 0.310 e. The van der Waals surface area contributed by atoms with Gasteiger partial charge in [0.2, 0.25) is 0 Å². The zero-order chi connectivity index (χ0) is 24.3. The third-order valence-corrected chi connectivity index (χ3v) is 5.76. The lowest BCUT2D eigenvalue weighted by Gasteiger charge is -2.20. The van der Waals surface area contributed by atoms with E-state index in [2.05, 4.69) is 12.2 Å². The number of carbonyl (C=O) groups excluding carboxylic acids is 2. The first kappa shape index (κ1) is 24.8. The highest BCUT2D eigenvalue weighted by Crippen LogP contribution is 2.29. The van der Waals surface area contributed by atoms with Gasteiger partial charge in [0.1, 0.15) is 11.3 Å². The molecule has 0 saturated carbocycles. The molecule has 176 valence electrons. The molecule has 1 aromatic heterocycles. The molecule has 0 radical (unpaired) electrons. The van der Waals surface area contributed by atoms with Crippen molar-refractivity contribution in [1.29, 1.82) is 0 Å². The zero-order valence-corrected chi connectivity index (χ0v) is 20.5. The topological polar surface area (TPSA) is 80.6 Å². The molecule has 1 heterocycles. The lowest BCUT2D eigenvalue weighted by atomic mass is 10.0. The fourth-order valence-electron chi connectivity index (χ4n) is 3.74. The number of amides is 1. The molecule has 6 nitrogen and oxygen atoms in total. The summed E-state index contributed by atoms with van der Waals surface area (Å²) >= 11 is 6.43. The standard InChI is InChI=1S/C26H31ClN2O4/c1-6-16-11-20(27)19-14-23(29(5)22(19)12-16)25(32)28-21(15-30)18-9-7-17(8-10-18)13-24(31)33-26(2,3)4/h7-12,14,21,30H,6,13,15H2,1-5H3,(H,28,32)/t21-/m1/s1. The Morgan fingerprint density at radius 3 is 2.36 bits per heavy atom. The summed E-state index contributed by atoms with van der Waals surface area (Å²) in [4.78, 5) is 25.1. The van der Waals surface area contributed by atoms with Gasteiger partial charge in [-0.1, -0.05) is 42.8 Å². The second-order valence-electron chi connectivity index (χ2n) is 9.17. The van der Waals surface area contributed by atoms with Gasteiger partial charge in [0.05, 0.1) is 29.6 Å². The van der Waals surface area contributed by atoms with Crippen LogP contribution in [0.2, 0.25) is 5.02 Å². The molecule has 2 aromatic carbocycles. The van der Waals surface area contributed by atoms with E-state index in [-0.39, 0.29) is 24.9 Å². The summed E-state index contributed by atoms with van der Waals surface area (Å²) in [6.07, 6.45) is 1.00. The fourth-order valence-corrected chi connectivity index (χ4v) is 4.03. The van der Waals surface area contributed by atoms with Gasteiger partial charge in [-0.15, -0.1) is 0 Å². The number of hydrogen-bond acceptors (Lipinski definition) is 4. The van der Waals surface area contributed by atoms with Crippen molar-refractivity contribution in [3.63, 3.8) is 0 Å². The second kappa shape index (κ2) is 9.98. The van der Waals surface area contributed by atoms with Crippen molar-refractivity contribution in [2.75, 3.05) is 6.61 Å². The summed E-state index contributed by atoms with van der Waals surface area (Å²) < 4.78 is 7.17. The Kier molecular flexibility index (Phi) is 7.50. The summed E-state index contributed by atoms with van der Waals surface area (Å²) in [7, 11) is 1.83. The lowest BCUT2D eigenvalue weighted by Crippen LogP contribution is -2.32. The van der Waals surface area contributed by atoms with Crippen molar-refractivity contribution in [3.8, 4) is 0 Å². The summed E-state index contributed by atoms with van der Waals surface area (Å²) in [6, 6.07) is 12.3. The second-order valence-corrected chi connectivity index (χ2v) is 9.57. The number of aliphatic hydroxyl groups is 1. The Morgan fingerprint density at radius 1 is 1.12 bits per heavy atom. The Labute approximate surface area is 199 Å². The Morgan fingerprint density at radius 2 is 1.79 bits per heavy atom. The van der Waals surface area contributed by atoms with Crippen molar-refractivity contribution in [1.82, 2.24) is 9.88 Å². The quantitative estimate of drug-likeness (QED) is 0.488. The number of rotatable bonds is 7. The molecule has 0 bridgehead atoms. The number of benzene rings is 2. The SMILES string of the molecule is CCc1cc(Cl)c2cc(C(=O)N[C@H](CO)c3ccc(CC(=O)OC(C)(C)C)cc3)n(C)c2c1. The molecule has 0 fully saturated rings. The molecule has 7 heteroatoms. The van der Waals surface area contributed by atoms with Crippen LogP contribution in [0.4, 0.5) is 0 Å². The first-order valence-electron chi connectivity index (χ1n) is 11.0. The molecule has 0 aliphatic heterocycles. The normalized spacial score (nSPS) is 12.6. The van der Waals surface area contributed by atoms with Gasteiger partial charge in [-0.25, -0.2) is 0 Å². The first-order valence-corrected chi connectivity index (χ1v) is 11.4. The molecule has 0 aliphatic carbocycles. The van der Waals surface area contributed by atoms with Gasteiger partial charge in [0, 0.05) is 12.4 Å². The van der Waals surface area contributed by atoms with Crippen molar-refractivity contribution in [2.24, 2.45) is 7.05 Å². The minimum absolute atomic E-state index is 0.157. The molecule has 33 heavy (non-hydrogen) atoms. The van der Waals surface area contributed by atoms with Crippen LogP contribution in [0.1, 0.15) is 60.9 Å². The highest BCUT2D eigenvalue weighted by atomic mass is 35.5. The van der Waals surface area contributed by atoms with E-state index in [9.17, 15) is 14.7 Å². The largest absolute Gasteiger partial charge is 0.460 e. The van der Waals surface area contributed by atoms with Gasteiger partial charge in [0.15, 0.2) is 0 Å². The summed E-state index contributed by atoms with van der Waals surface area (Å²) in [5, 5.41) is 14.2. The van der Waals surface area contributed by atoms with E-state index in [1.165, 1.54) is 0 Å². The zero-order valence-electron chi connectivity index (χ0n) is 19.7. The van der Waals surface area contributed by atoms with E-state index in [1.807, 2.05) is 44.5 Å². The van der Waals surface area contributed by atoms with Crippen molar-refractivity contribution >= 4 is 34.4 Å². The van der Waals surface area contributed by atoms with E-state index in [1.54, 1.807) is 30.3 Å². The number of aryl methyl sites for hydroxylation is 2. The van der Waals surface area contributed by atoms with Gasteiger partial charge in [-0.2, -0.15) is 0 Å². The van der Waals surface area contributed by atoms with Crippen LogP contribution >= 0.6 is 11.6 Å². The minimum atomic E-state index is -0.590. The van der Waals surface area contributed by atoms with Crippen LogP contribution in [0.3, 0.4) is 0 Å². The summed E-state index contributed by atoms with van der Waals surface area (Å²) in [6.45, 7) is 7.28. The van der Waals surface area contributed by atoms with Crippen LogP contribution in [-0.4, -0.2) is 33.8 Å². The maximum atomic E-state index is 13.0. The Hall–Kier alpha value is -2.83. The molecule has 2 N–H and O–H groups in total. The number of halogens is 1. The highest BCUT2D eigenvalue weighted by molar-refractivity contribution is 6.35. The number of ether oxygens (including phenoxy) is 1. The third kappa shape index (κ3) is 5.95. The van der Waals surface area contributed by atoms with E-state index in [4.69, 9.17) is 16.3 Å². The number of aromatic nitrogens is 1. The predicted octanol–water partition coefficient (Wildman–Crippen LogP) is 4.74. The van der Waals surface area contributed by atoms with E-state index in [0.29, 0.717) is 10.7 Å². The van der Waals surface area contributed by atoms with Crippen LogP contribution in [0.15, 0.2) is 42.5 Å². The average Bonchev–Trinajstić information content (AvgIpc) is 3.08. The number of aliphatic hydroxyl groups excluding tert-OH is 1. The molecule has 0 aliphatic rings. The monoisotopic (exact) mass is 470 g/mol. The van der Waals surface area contributed by atoms with Crippen LogP contribution in [0, 0.1) is 0 Å². The van der Waals surface area contributed by atoms with E-state index < -0.39 is 11.6 Å². The van der Waals surface area contributed by atoms with Gasteiger partial charge in [0.25, 0.3) is 5.91 Å². The van der Waals surface area contributed by atoms with Crippen molar-refractivity contribution in [3.05, 3.63) is 69.9 Å². The average molecular weight is 471 g/mol. The van der Waals surface area contributed by atoms with Gasteiger partial charge in [-0.3, -0.25) is 9.59 Å². The molecule has 0 spiro atoms. The van der Waals surface area contributed by atoms with Gasteiger partial charge < -0.3 is 19.7 Å². The summed E-state index contributed by atoms with van der Waals surface area (Å²) in [5.74, 6) is -0.609. The molecule has 1 amide bonds. The molecular formula is C26H31ClN2O4. The number of nitrogens with one attached hydrogen (secondary N) is 1. The molecule has 3 rings (SSSR count).